The van der Waals surface area contributed by atoms with Crippen LogP contribution >= 0.6 is 0 Å². The van der Waals surface area contributed by atoms with E-state index in [1.54, 1.807) is 30.3 Å². The molecule has 13 rings (SSSR count). The van der Waals surface area contributed by atoms with Gasteiger partial charge in [-0.3, -0.25) is 0 Å². The molecule has 0 N–H and O–H groups in total. The molecule has 0 spiro atoms. The maximum absolute atomic E-state index is 15.4. The molecule has 13 aromatic rings. The van der Waals surface area contributed by atoms with Gasteiger partial charge in [0.2, 0.25) is 0 Å². The third-order valence-corrected chi connectivity index (χ3v) is 16.6. The molecule has 0 aliphatic rings. The Kier molecular flexibility index (Phi) is 13.3. The number of aromatic nitrogens is 2. The van der Waals surface area contributed by atoms with Crippen molar-refractivity contribution in [2.45, 2.75) is 67.7 Å². The highest BCUT2D eigenvalue weighted by atomic mass is 19.4. The molecular weight excluding hydrogens is 1080 g/mol. The average molecular weight is 1140 g/mol. The van der Waals surface area contributed by atoms with Gasteiger partial charge >= 0.3 is 12.4 Å². The summed E-state index contributed by atoms with van der Waals surface area (Å²) in [6.07, 6.45) is -10.2. The summed E-state index contributed by atoms with van der Waals surface area (Å²) in [7, 11) is 0. The Balaban J connectivity index is 1.14. The zero-order chi connectivity index (χ0) is 60.2. The van der Waals surface area contributed by atoms with Gasteiger partial charge in [0.05, 0.1) is 51.1 Å². The highest BCUT2D eigenvalue weighted by molar-refractivity contribution is 6.14. The summed E-state index contributed by atoms with van der Waals surface area (Å²) in [4.78, 5) is 3.95. The predicted octanol–water partition coefficient (Wildman–Crippen LogP) is 22.9. The molecule has 0 saturated heterocycles. The molecule has 0 aliphatic heterocycles. The highest BCUT2D eigenvalue weighted by Gasteiger charge is 2.39. The van der Waals surface area contributed by atoms with Crippen molar-refractivity contribution >= 4 is 49.3 Å². The van der Waals surface area contributed by atoms with Gasteiger partial charge in [0.1, 0.15) is 0 Å². The van der Waals surface area contributed by atoms with Crippen molar-refractivity contribution in [3.8, 4) is 78.1 Å². The van der Waals surface area contributed by atoms with Gasteiger partial charge in [0.15, 0.2) is 5.69 Å². The van der Waals surface area contributed by atoms with Gasteiger partial charge in [0, 0.05) is 27.1 Å². The molecule has 0 saturated carbocycles. The molecule has 0 fully saturated rings. The number of aryl methyl sites for hydroxylation is 8. The number of rotatable bonds is 8. The Morgan fingerprint density at radius 3 is 0.942 bits per heavy atom. The van der Waals surface area contributed by atoms with Gasteiger partial charge in [-0.25, -0.2) is 4.85 Å². The van der Waals surface area contributed by atoms with Crippen LogP contribution in [0.5, 0.6) is 0 Å². The summed E-state index contributed by atoms with van der Waals surface area (Å²) < 4.78 is 93.3. The second-order valence-electron chi connectivity index (χ2n) is 23.4. The minimum Gasteiger partial charge on any atom is -0.309 e. The van der Waals surface area contributed by atoms with Crippen LogP contribution in [0.2, 0.25) is 0 Å². The van der Waals surface area contributed by atoms with Crippen molar-refractivity contribution in [3.05, 3.63) is 267 Å². The average Bonchev–Trinajstić information content (AvgIpc) is 2.04. The zero-order valence-electron chi connectivity index (χ0n) is 48.7. The summed E-state index contributed by atoms with van der Waals surface area (Å²) in [5.74, 6) is 0. The van der Waals surface area contributed by atoms with Crippen LogP contribution in [-0.2, 0) is 12.4 Å². The first kappa shape index (κ1) is 55.3. The number of benzene rings is 11. The number of hydrogen-bond donors (Lipinski definition) is 0. The van der Waals surface area contributed by atoms with Crippen molar-refractivity contribution in [3.63, 3.8) is 0 Å². The van der Waals surface area contributed by atoms with Gasteiger partial charge < -0.3 is 9.13 Å². The molecule has 9 heteroatoms. The van der Waals surface area contributed by atoms with Gasteiger partial charge in [-0.15, -0.1) is 0 Å². The van der Waals surface area contributed by atoms with Crippen molar-refractivity contribution in [2.75, 3.05) is 0 Å². The number of halogens is 6. The Bertz CT molecular complexity index is 4720. The second-order valence-corrected chi connectivity index (χ2v) is 23.4. The fourth-order valence-corrected chi connectivity index (χ4v) is 13.2. The molecule has 0 radical (unpaired) electrons. The molecule has 0 bridgehead atoms. The number of hydrogen-bond acceptors (Lipinski definition) is 0. The summed E-state index contributed by atoms with van der Waals surface area (Å²) in [5, 5.41) is 3.77. The van der Waals surface area contributed by atoms with Crippen LogP contribution in [0.25, 0.3) is 127 Å². The lowest BCUT2D eigenvalue weighted by atomic mass is 9.92. The summed E-state index contributed by atoms with van der Waals surface area (Å²) in [6.45, 7) is 25.1. The fraction of sp³-hybridized carbons (Fsp3) is 0.130. The van der Waals surface area contributed by atoms with Crippen LogP contribution in [0.1, 0.15) is 55.6 Å². The standard InChI is InChI=1S/C77H57F6N3/c1-43-24-44(2)29-56(28-43)51-10-18-70-63(36-51)64-37-52(57-30-45(3)25-46(4)31-57)11-19-71(64)85(70)74-22-14-55(62-17-15-60(76(78,79)80)41-69(62)77(81,82)83)40-67(74)68-42-61(84-9)16-23-75(68)86-72-20-12-53(58-32-47(5)26-48(6)33-58)38-65(72)66-39-54(13-21-73(66)86)59-34-49(7)27-50(8)35-59/h10-42H,1-8H3. The summed E-state index contributed by atoms with van der Waals surface area (Å²) >= 11 is 0. The smallest absolute Gasteiger partial charge is 0.309 e. The lowest BCUT2D eigenvalue weighted by Crippen LogP contribution is -2.12. The predicted molar refractivity (Wildman–Crippen MR) is 342 cm³/mol. The van der Waals surface area contributed by atoms with Gasteiger partial charge in [-0.1, -0.05) is 160 Å². The Labute approximate surface area is 495 Å². The van der Waals surface area contributed by atoms with Gasteiger partial charge in [-0.05, 0) is 202 Å². The maximum Gasteiger partial charge on any atom is 0.417 e. The monoisotopic (exact) mass is 1140 g/mol. The lowest BCUT2D eigenvalue weighted by molar-refractivity contribution is -0.142. The molecule has 2 heterocycles. The van der Waals surface area contributed by atoms with Crippen molar-refractivity contribution in [2.24, 2.45) is 0 Å². The topological polar surface area (TPSA) is 14.2 Å². The molecule has 0 atom stereocenters. The third-order valence-electron chi connectivity index (χ3n) is 16.6. The van der Waals surface area contributed by atoms with Crippen molar-refractivity contribution in [1.29, 1.82) is 0 Å². The van der Waals surface area contributed by atoms with Gasteiger partial charge in [0.25, 0.3) is 0 Å². The zero-order valence-corrected chi connectivity index (χ0v) is 48.7. The highest BCUT2D eigenvalue weighted by Crippen LogP contribution is 2.48. The third kappa shape index (κ3) is 9.99. The Morgan fingerprint density at radius 1 is 0.291 bits per heavy atom. The number of nitrogens with zero attached hydrogens (tertiary/aromatic N) is 3. The van der Waals surface area contributed by atoms with E-state index in [-0.39, 0.29) is 17.3 Å². The van der Waals surface area contributed by atoms with E-state index < -0.39 is 29.0 Å². The lowest BCUT2D eigenvalue weighted by Gasteiger charge is -2.21. The quantitative estimate of drug-likeness (QED) is 0.106. The van der Waals surface area contributed by atoms with Crippen LogP contribution in [0, 0.1) is 62.0 Å². The van der Waals surface area contributed by atoms with E-state index in [4.69, 9.17) is 6.57 Å². The van der Waals surface area contributed by atoms with Crippen LogP contribution in [-0.4, -0.2) is 9.13 Å². The normalized spacial score (nSPS) is 12.1. The summed E-state index contributed by atoms with van der Waals surface area (Å²) in [6, 6.07) is 63.7. The summed E-state index contributed by atoms with van der Waals surface area (Å²) in [5.41, 5.74) is 19.8. The van der Waals surface area contributed by atoms with Crippen LogP contribution in [0.15, 0.2) is 200 Å². The first-order chi connectivity index (χ1) is 41.0. The SMILES string of the molecule is [C-]#[N+]c1ccc(-n2c3ccc(-c4cc(C)cc(C)c4)cc3c3cc(-c4cc(C)cc(C)c4)ccc32)c(-c2cc(-c3ccc(C(F)(F)F)cc3C(F)(F)F)ccc2-n2c3ccc(-c4cc(C)cc(C)c4)cc3c3cc(-c4cc(C)cc(C)c4)ccc32)c1. The van der Waals surface area contributed by atoms with Crippen molar-refractivity contribution < 1.29 is 26.3 Å². The molecule has 0 amide bonds. The number of fused-ring (bicyclic) bond motifs is 6. The molecule has 0 unspecified atom stereocenters. The van der Waals surface area contributed by atoms with E-state index in [0.29, 0.717) is 28.6 Å². The molecule has 86 heavy (non-hydrogen) atoms. The first-order valence-corrected chi connectivity index (χ1v) is 28.5. The minimum atomic E-state index is -5.16. The molecule has 422 valence electrons. The van der Waals surface area contributed by atoms with E-state index in [2.05, 4.69) is 215 Å². The number of alkyl halides is 6. The molecular formula is C77H57F6N3. The molecule has 2 aromatic heterocycles. The molecule has 11 aromatic carbocycles. The van der Waals surface area contributed by atoms with Crippen LogP contribution < -0.4 is 0 Å². The molecule has 3 nitrogen and oxygen atoms in total. The van der Waals surface area contributed by atoms with E-state index in [1.165, 1.54) is 0 Å². The Hall–Kier alpha value is -9.91. The van der Waals surface area contributed by atoms with Crippen LogP contribution in [0.4, 0.5) is 32.0 Å². The van der Waals surface area contributed by atoms with E-state index in [0.717, 1.165) is 139 Å². The molecule has 0 aliphatic carbocycles. The first-order valence-electron chi connectivity index (χ1n) is 28.5. The second kappa shape index (κ2) is 20.7. The minimum absolute atomic E-state index is 0.0392. The van der Waals surface area contributed by atoms with E-state index in [9.17, 15) is 13.2 Å². The van der Waals surface area contributed by atoms with Crippen LogP contribution in [0.3, 0.4) is 0 Å². The van der Waals surface area contributed by atoms with E-state index >= 15 is 13.2 Å². The Morgan fingerprint density at radius 2 is 0.616 bits per heavy atom. The van der Waals surface area contributed by atoms with Gasteiger partial charge in [-0.2, -0.15) is 26.3 Å². The fourth-order valence-electron chi connectivity index (χ4n) is 13.2. The van der Waals surface area contributed by atoms with Crippen molar-refractivity contribution in [1.82, 2.24) is 9.13 Å². The largest absolute Gasteiger partial charge is 0.417 e. The maximum atomic E-state index is 15.4. The van der Waals surface area contributed by atoms with E-state index in [1.807, 2.05) is 6.07 Å².